The molecule has 0 bridgehead atoms. The number of carbonyl (C=O) groups is 2. The van der Waals surface area contributed by atoms with Gasteiger partial charge in [-0.3, -0.25) is 9.59 Å². The Morgan fingerprint density at radius 2 is 1.90 bits per heavy atom. The van der Waals surface area contributed by atoms with E-state index in [0.717, 1.165) is 11.1 Å². The summed E-state index contributed by atoms with van der Waals surface area (Å²) in [5.74, 6) is -0.759. The number of ether oxygens (including phenoxy) is 1. The largest absolute Gasteiger partial charge is 0.384 e. The number of aromatic amines is 1. The Bertz CT molecular complexity index is 662. The van der Waals surface area contributed by atoms with Crippen LogP contribution >= 0.6 is 23.2 Å². The third-order valence-electron chi connectivity index (χ3n) is 3.08. The van der Waals surface area contributed by atoms with Gasteiger partial charge in [0.1, 0.15) is 0 Å². The summed E-state index contributed by atoms with van der Waals surface area (Å²) in [4.78, 5) is 25.9. The van der Waals surface area contributed by atoms with Gasteiger partial charge in [0, 0.05) is 23.9 Å². The highest BCUT2D eigenvalue weighted by Crippen LogP contribution is 2.30. The molecule has 1 heterocycles. The molecule has 0 spiro atoms. The van der Waals surface area contributed by atoms with Crippen LogP contribution in [0.5, 0.6) is 0 Å². The topological polar surface area (TPSA) is 59.2 Å². The van der Waals surface area contributed by atoms with Crippen molar-refractivity contribution in [2.75, 3.05) is 13.7 Å². The molecule has 1 aromatic carbocycles. The highest BCUT2D eigenvalue weighted by Gasteiger charge is 2.22. The fraction of sp³-hybridized carbons (Fsp3) is 0.200. The molecule has 1 aromatic heterocycles. The Hall–Kier alpha value is -1.62. The number of Topliss-reactive ketones (excluding diaryl/α,β-unsaturated/α-hetero) is 1. The first-order chi connectivity index (χ1) is 10.0. The van der Waals surface area contributed by atoms with Crippen molar-refractivity contribution >= 4 is 34.2 Å². The van der Waals surface area contributed by atoms with Crippen molar-refractivity contribution in [1.82, 2.24) is 4.98 Å². The van der Waals surface area contributed by atoms with Gasteiger partial charge in [-0.1, -0.05) is 23.7 Å². The van der Waals surface area contributed by atoms with Gasteiger partial charge in [-0.2, -0.15) is 0 Å². The predicted molar refractivity (Wildman–Crippen MR) is 82.0 cm³/mol. The molecule has 1 N–H and O–H groups in total. The maximum atomic E-state index is 11.9. The standard InChI is InChI=1S/C15H13Cl2NO3/c1-21-7-6-10-8-18-13(14(19)15(17)20)12(10)9-2-4-11(16)5-3-9/h2-5,8,18H,6-7H2,1H3. The van der Waals surface area contributed by atoms with E-state index in [-0.39, 0.29) is 5.69 Å². The maximum absolute atomic E-state index is 11.9. The first-order valence-electron chi connectivity index (χ1n) is 6.24. The average Bonchev–Trinajstić information content (AvgIpc) is 2.88. The third-order valence-corrected chi connectivity index (χ3v) is 3.50. The predicted octanol–water partition coefficient (Wildman–Crippen LogP) is 3.47. The van der Waals surface area contributed by atoms with Crippen LogP contribution in [0.1, 0.15) is 16.1 Å². The molecule has 0 unspecified atom stereocenters. The van der Waals surface area contributed by atoms with E-state index >= 15 is 0 Å². The van der Waals surface area contributed by atoms with Crippen LogP contribution in [-0.4, -0.2) is 29.7 Å². The lowest BCUT2D eigenvalue weighted by Crippen LogP contribution is -2.09. The van der Waals surface area contributed by atoms with Gasteiger partial charge in [-0.05, 0) is 41.3 Å². The van der Waals surface area contributed by atoms with E-state index in [9.17, 15) is 9.59 Å². The molecule has 21 heavy (non-hydrogen) atoms. The lowest BCUT2D eigenvalue weighted by molar-refractivity contribution is -0.108. The van der Waals surface area contributed by atoms with Crippen molar-refractivity contribution < 1.29 is 14.3 Å². The summed E-state index contributed by atoms with van der Waals surface area (Å²) >= 11 is 11.2. The Morgan fingerprint density at radius 1 is 1.24 bits per heavy atom. The summed E-state index contributed by atoms with van der Waals surface area (Å²) in [5.41, 5.74) is 2.50. The number of nitrogens with one attached hydrogen (secondary N) is 1. The van der Waals surface area contributed by atoms with E-state index in [0.29, 0.717) is 23.6 Å². The zero-order chi connectivity index (χ0) is 15.4. The SMILES string of the molecule is COCCc1c[nH]c(C(=O)C(=O)Cl)c1-c1ccc(Cl)cc1. The molecule has 0 amide bonds. The normalized spacial score (nSPS) is 10.6. The van der Waals surface area contributed by atoms with Gasteiger partial charge >= 0.3 is 0 Å². The molecular weight excluding hydrogens is 313 g/mol. The molecule has 0 atom stereocenters. The molecule has 0 radical (unpaired) electrons. The molecule has 2 rings (SSSR count). The van der Waals surface area contributed by atoms with Crippen molar-refractivity contribution in [2.24, 2.45) is 0 Å². The molecule has 4 nitrogen and oxygen atoms in total. The molecule has 0 saturated carbocycles. The Kier molecular flexibility index (Phi) is 5.17. The maximum Gasteiger partial charge on any atom is 0.294 e. The quantitative estimate of drug-likeness (QED) is 0.502. The van der Waals surface area contributed by atoms with Gasteiger partial charge in [0.15, 0.2) is 0 Å². The number of ketones is 1. The monoisotopic (exact) mass is 325 g/mol. The summed E-state index contributed by atoms with van der Waals surface area (Å²) in [6, 6.07) is 7.02. The van der Waals surface area contributed by atoms with E-state index in [1.54, 1.807) is 37.6 Å². The molecular formula is C15H13Cl2NO3. The average molecular weight is 326 g/mol. The van der Waals surface area contributed by atoms with Crippen molar-refractivity contribution in [3.8, 4) is 11.1 Å². The molecule has 6 heteroatoms. The van der Waals surface area contributed by atoms with Crippen LogP contribution in [0, 0.1) is 0 Å². The fourth-order valence-electron chi connectivity index (χ4n) is 2.10. The van der Waals surface area contributed by atoms with Gasteiger partial charge in [-0.25, -0.2) is 0 Å². The van der Waals surface area contributed by atoms with E-state index in [2.05, 4.69) is 4.98 Å². The van der Waals surface area contributed by atoms with Crippen LogP contribution in [-0.2, 0) is 16.0 Å². The van der Waals surface area contributed by atoms with E-state index in [1.807, 2.05) is 0 Å². The second-order valence-corrected chi connectivity index (χ2v) is 5.20. The van der Waals surface area contributed by atoms with Crippen LogP contribution < -0.4 is 0 Å². The van der Waals surface area contributed by atoms with Crippen LogP contribution in [0.4, 0.5) is 0 Å². The zero-order valence-electron chi connectivity index (χ0n) is 11.3. The van der Waals surface area contributed by atoms with Crippen molar-refractivity contribution in [2.45, 2.75) is 6.42 Å². The number of halogens is 2. The van der Waals surface area contributed by atoms with E-state index in [4.69, 9.17) is 27.9 Å². The lowest BCUT2D eigenvalue weighted by Gasteiger charge is -2.07. The second kappa shape index (κ2) is 6.89. The Labute approximate surface area is 132 Å². The van der Waals surface area contributed by atoms with Crippen molar-refractivity contribution in [3.63, 3.8) is 0 Å². The van der Waals surface area contributed by atoms with E-state index in [1.165, 1.54) is 0 Å². The number of benzene rings is 1. The smallest absolute Gasteiger partial charge is 0.294 e. The number of methoxy groups -OCH3 is 1. The van der Waals surface area contributed by atoms with Gasteiger partial charge in [-0.15, -0.1) is 0 Å². The highest BCUT2D eigenvalue weighted by atomic mass is 35.5. The first kappa shape index (κ1) is 15.8. The van der Waals surface area contributed by atoms with Crippen molar-refractivity contribution in [3.05, 3.63) is 46.7 Å². The van der Waals surface area contributed by atoms with Crippen LogP contribution in [0.25, 0.3) is 11.1 Å². The first-order valence-corrected chi connectivity index (χ1v) is 6.99. The number of hydrogen-bond acceptors (Lipinski definition) is 3. The van der Waals surface area contributed by atoms with Gasteiger partial charge in [0.25, 0.3) is 11.0 Å². The van der Waals surface area contributed by atoms with Crippen LogP contribution in [0.2, 0.25) is 5.02 Å². The van der Waals surface area contributed by atoms with Gasteiger partial charge in [0.2, 0.25) is 0 Å². The van der Waals surface area contributed by atoms with Crippen molar-refractivity contribution in [1.29, 1.82) is 0 Å². The molecule has 0 saturated heterocycles. The van der Waals surface area contributed by atoms with Crippen LogP contribution in [0.3, 0.4) is 0 Å². The number of aromatic nitrogens is 1. The van der Waals surface area contributed by atoms with Gasteiger partial charge < -0.3 is 9.72 Å². The fourth-order valence-corrected chi connectivity index (χ4v) is 2.32. The summed E-state index contributed by atoms with van der Waals surface area (Å²) in [7, 11) is 1.60. The minimum atomic E-state index is -1.02. The summed E-state index contributed by atoms with van der Waals surface area (Å²) in [5, 5.41) is -0.431. The minimum Gasteiger partial charge on any atom is -0.384 e. The number of H-pyrrole nitrogens is 1. The Morgan fingerprint density at radius 3 is 2.48 bits per heavy atom. The molecule has 0 fully saturated rings. The zero-order valence-corrected chi connectivity index (χ0v) is 12.8. The van der Waals surface area contributed by atoms with E-state index < -0.39 is 11.0 Å². The van der Waals surface area contributed by atoms with Gasteiger partial charge in [0.05, 0.1) is 12.3 Å². The molecule has 0 aliphatic rings. The number of rotatable bonds is 6. The second-order valence-electron chi connectivity index (χ2n) is 4.42. The summed E-state index contributed by atoms with van der Waals surface area (Å²) < 4.78 is 5.06. The Balaban J connectivity index is 2.52. The minimum absolute atomic E-state index is 0.184. The number of carbonyl (C=O) groups excluding carboxylic acids is 2. The van der Waals surface area contributed by atoms with Crippen LogP contribution in [0.15, 0.2) is 30.5 Å². The summed E-state index contributed by atoms with van der Waals surface area (Å²) in [6.45, 7) is 0.501. The molecule has 110 valence electrons. The molecule has 0 aliphatic carbocycles. The molecule has 0 aliphatic heterocycles. The highest BCUT2D eigenvalue weighted by molar-refractivity contribution is 6.83. The number of hydrogen-bond donors (Lipinski definition) is 1. The third kappa shape index (κ3) is 3.53. The summed E-state index contributed by atoms with van der Waals surface area (Å²) in [6.07, 6.45) is 2.30. The molecule has 2 aromatic rings. The lowest BCUT2D eigenvalue weighted by atomic mass is 9.98.